The predicted molar refractivity (Wildman–Crippen MR) is 101 cm³/mol. The van der Waals surface area contributed by atoms with Gasteiger partial charge in [0.05, 0.1) is 7.11 Å². The molecule has 27 heavy (non-hydrogen) atoms. The summed E-state index contributed by atoms with van der Waals surface area (Å²) in [5, 5.41) is 4.35. The molecule has 3 rings (SSSR count). The molecule has 1 aromatic heterocycles. The van der Waals surface area contributed by atoms with Gasteiger partial charge in [0.25, 0.3) is 5.91 Å². The Hall–Kier alpha value is -2.87. The van der Waals surface area contributed by atoms with Crippen molar-refractivity contribution in [2.24, 2.45) is 0 Å². The fourth-order valence-electron chi connectivity index (χ4n) is 2.89. The van der Waals surface area contributed by atoms with Gasteiger partial charge in [-0.3, -0.25) is 10.1 Å². The molecule has 0 radical (unpaired) electrons. The molecule has 0 saturated heterocycles. The highest BCUT2D eigenvalue weighted by Crippen LogP contribution is 2.41. The van der Waals surface area contributed by atoms with Crippen LogP contribution in [0, 0.1) is 0 Å². The summed E-state index contributed by atoms with van der Waals surface area (Å²) in [4.78, 5) is 36.9. The fraction of sp³-hybridized carbons (Fsp3) is 0.316. The molecule has 0 bridgehead atoms. The van der Waals surface area contributed by atoms with Crippen molar-refractivity contribution in [2.75, 3.05) is 14.2 Å². The highest BCUT2D eigenvalue weighted by atomic mass is 32.1. The second-order valence-corrected chi connectivity index (χ2v) is 7.16. The number of thiophene rings is 1. The number of fused-ring (bicyclic) bond motifs is 3. The van der Waals surface area contributed by atoms with Crippen molar-refractivity contribution in [1.29, 1.82) is 0 Å². The van der Waals surface area contributed by atoms with Crippen LogP contribution < -0.4 is 15.4 Å². The Bertz CT molecular complexity index is 906. The first-order valence-corrected chi connectivity index (χ1v) is 9.28. The van der Waals surface area contributed by atoms with Gasteiger partial charge in [0.1, 0.15) is 10.6 Å². The molecule has 0 aliphatic heterocycles. The van der Waals surface area contributed by atoms with Crippen LogP contribution in [0.1, 0.15) is 27.7 Å². The molecule has 142 valence electrons. The molecular weight excluding hydrogens is 368 g/mol. The number of hydrogen-bond acceptors (Lipinski definition) is 6. The summed E-state index contributed by atoms with van der Waals surface area (Å²) in [5.74, 6) is -0.449. The molecule has 1 aliphatic rings. The van der Waals surface area contributed by atoms with E-state index in [-0.39, 0.29) is 0 Å². The minimum Gasteiger partial charge on any atom is -0.497 e. The molecule has 1 heterocycles. The maximum absolute atomic E-state index is 12.4. The molecule has 7 nitrogen and oxygen atoms in total. The van der Waals surface area contributed by atoms with Crippen LogP contribution in [0.2, 0.25) is 0 Å². The number of methoxy groups -OCH3 is 1. The number of aryl methyl sites for hydroxylation is 2. The van der Waals surface area contributed by atoms with E-state index in [1.165, 1.54) is 30.9 Å². The van der Waals surface area contributed by atoms with E-state index in [1.807, 2.05) is 24.3 Å². The minimum absolute atomic E-state index is 0.434. The third-order valence-corrected chi connectivity index (χ3v) is 5.54. The number of amides is 3. The van der Waals surface area contributed by atoms with Crippen LogP contribution in [0.15, 0.2) is 24.3 Å². The smallest absolute Gasteiger partial charge is 0.349 e. The first-order valence-electron chi connectivity index (χ1n) is 8.46. The van der Waals surface area contributed by atoms with E-state index >= 15 is 0 Å². The van der Waals surface area contributed by atoms with Crippen molar-refractivity contribution in [3.8, 4) is 16.2 Å². The normalized spacial score (nSPS) is 13.0. The fourth-order valence-corrected chi connectivity index (χ4v) is 4.04. The standard InChI is InChI=1S/C19H20N2O5S/c1-10(17(22)21-19(24)20-2)26-18(23)15-9-12-5-4-11-8-13(25-3)6-7-14(11)16(12)27-15/h6-10H,4-5H2,1-3H3,(H2,20,21,22,24)/t10-/m1/s1. The highest BCUT2D eigenvalue weighted by molar-refractivity contribution is 7.17. The molecule has 1 atom stereocenters. The molecule has 2 aromatic rings. The zero-order valence-corrected chi connectivity index (χ0v) is 16.1. The Labute approximate surface area is 160 Å². The number of nitrogens with one attached hydrogen (secondary N) is 2. The van der Waals surface area contributed by atoms with Gasteiger partial charge in [0, 0.05) is 11.9 Å². The molecule has 2 N–H and O–H groups in total. The van der Waals surface area contributed by atoms with E-state index in [4.69, 9.17) is 9.47 Å². The maximum atomic E-state index is 12.4. The monoisotopic (exact) mass is 388 g/mol. The van der Waals surface area contributed by atoms with Gasteiger partial charge >= 0.3 is 12.0 Å². The number of rotatable bonds is 4. The minimum atomic E-state index is -1.08. The Balaban J connectivity index is 1.76. The first-order chi connectivity index (χ1) is 12.9. The second-order valence-electron chi connectivity index (χ2n) is 6.10. The zero-order chi connectivity index (χ0) is 19.6. The highest BCUT2D eigenvalue weighted by Gasteiger charge is 2.25. The van der Waals surface area contributed by atoms with Gasteiger partial charge in [0.15, 0.2) is 6.10 Å². The quantitative estimate of drug-likeness (QED) is 0.785. The van der Waals surface area contributed by atoms with E-state index in [1.54, 1.807) is 7.11 Å². The van der Waals surface area contributed by atoms with Gasteiger partial charge in [-0.2, -0.15) is 0 Å². The molecule has 8 heteroatoms. The third-order valence-electron chi connectivity index (χ3n) is 4.35. The van der Waals surface area contributed by atoms with Gasteiger partial charge in [-0.15, -0.1) is 11.3 Å². The van der Waals surface area contributed by atoms with E-state index < -0.39 is 24.0 Å². The lowest BCUT2D eigenvalue weighted by molar-refractivity contribution is -0.127. The van der Waals surface area contributed by atoms with Crippen molar-refractivity contribution in [3.05, 3.63) is 40.3 Å². The van der Waals surface area contributed by atoms with Crippen molar-refractivity contribution >= 4 is 29.2 Å². The third kappa shape index (κ3) is 3.95. The number of benzene rings is 1. The Morgan fingerprint density at radius 2 is 1.89 bits per heavy atom. The van der Waals surface area contributed by atoms with Crippen LogP contribution in [0.25, 0.3) is 10.4 Å². The molecule has 0 fully saturated rings. The van der Waals surface area contributed by atoms with E-state index in [2.05, 4.69) is 10.6 Å². The Morgan fingerprint density at radius 1 is 1.15 bits per heavy atom. The van der Waals surface area contributed by atoms with Crippen LogP contribution >= 0.6 is 11.3 Å². The Kier molecular flexibility index (Phi) is 5.46. The van der Waals surface area contributed by atoms with E-state index in [9.17, 15) is 14.4 Å². The summed E-state index contributed by atoms with van der Waals surface area (Å²) >= 11 is 1.35. The number of urea groups is 1. The van der Waals surface area contributed by atoms with Crippen LogP contribution in [-0.4, -0.2) is 38.2 Å². The average Bonchev–Trinajstić information content (AvgIpc) is 3.12. The Morgan fingerprint density at radius 3 is 2.59 bits per heavy atom. The lowest BCUT2D eigenvalue weighted by atomic mass is 9.91. The van der Waals surface area contributed by atoms with Gasteiger partial charge in [-0.1, -0.05) is 0 Å². The summed E-state index contributed by atoms with van der Waals surface area (Å²) < 4.78 is 10.5. The lowest BCUT2D eigenvalue weighted by Gasteiger charge is -2.16. The van der Waals surface area contributed by atoms with Crippen LogP contribution in [0.4, 0.5) is 4.79 Å². The summed E-state index contributed by atoms with van der Waals surface area (Å²) in [6.45, 7) is 1.42. The van der Waals surface area contributed by atoms with Gasteiger partial charge < -0.3 is 14.8 Å². The number of imide groups is 1. The lowest BCUT2D eigenvalue weighted by Crippen LogP contribution is -2.43. The van der Waals surface area contributed by atoms with E-state index in [0.717, 1.165) is 34.6 Å². The molecular formula is C19H20N2O5S. The molecule has 0 spiro atoms. The maximum Gasteiger partial charge on any atom is 0.349 e. The second kappa shape index (κ2) is 7.79. The number of hydrogen-bond donors (Lipinski definition) is 2. The average molecular weight is 388 g/mol. The molecule has 1 aliphatic carbocycles. The summed E-state index contributed by atoms with van der Waals surface area (Å²) in [7, 11) is 3.03. The number of esters is 1. The SMILES string of the molecule is CNC(=O)NC(=O)[C@@H](C)OC(=O)c1cc2c(s1)-c1ccc(OC)cc1CC2. The van der Waals surface area contributed by atoms with Crippen LogP contribution in [0.5, 0.6) is 5.75 Å². The molecule has 0 saturated carbocycles. The number of carbonyl (C=O) groups is 3. The van der Waals surface area contributed by atoms with Gasteiger partial charge in [-0.25, -0.2) is 9.59 Å². The molecule has 3 amide bonds. The summed E-state index contributed by atoms with van der Waals surface area (Å²) in [6, 6.07) is 7.08. The van der Waals surface area contributed by atoms with Crippen LogP contribution in [-0.2, 0) is 22.4 Å². The first kappa shape index (κ1) is 18.9. The summed E-state index contributed by atoms with van der Waals surface area (Å²) in [6.07, 6.45) is 0.618. The molecule has 0 unspecified atom stereocenters. The summed E-state index contributed by atoms with van der Waals surface area (Å²) in [5.41, 5.74) is 3.36. The van der Waals surface area contributed by atoms with Crippen molar-refractivity contribution in [1.82, 2.24) is 10.6 Å². The van der Waals surface area contributed by atoms with E-state index in [0.29, 0.717) is 4.88 Å². The number of carbonyl (C=O) groups excluding carboxylic acids is 3. The van der Waals surface area contributed by atoms with Gasteiger partial charge in [0.2, 0.25) is 0 Å². The van der Waals surface area contributed by atoms with Gasteiger partial charge in [-0.05, 0) is 60.7 Å². The predicted octanol–water partition coefficient (Wildman–Crippen LogP) is 2.52. The zero-order valence-electron chi connectivity index (χ0n) is 15.3. The van der Waals surface area contributed by atoms with Crippen molar-refractivity contribution in [3.63, 3.8) is 0 Å². The topological polar surface area (TPSA) is 93.7 Å². The number of ether oxygens (including phenoxy) is 2. The van der Waals surface area contributed by atoms with Crippen molar-refractivity contribution in [2.45, 2.75) is 25.9 Å². The largest absolute Gasteiger partial charge is 0.497 e. The molecule has 1 aromatic carbocycles. The van der Waals surface area contributed by atoms with Crippen molar-refractivity contribution < 1.29 is 23.9 Å². The van der Waals surface area contributed by atoms with Crippen LogP contribution in [0.3, 0.4) is 0 Å².